The van der Waals surface area contributed by atoms with E-state index in [0.29, 0.717) is 18.7 Å². The van der Waals surface area contributed by atoms with Gasteiger partial charge in [-0.3, -0.25) is 4.79 Å². The Morgan fingerprint density at radius 1 is 1.20 bits per heavy atom. The molecule has 1 amide bonds. The number of ether oxygens (including phenoxy) is 1. The van der Waals surface area contributed by atoms with E-state index in [-0.39, 0.29) is 18.1 Å². The highest BCUT2D eigenvalue weighted by molar-refractivity contribution is 5.92. The average Bonchev–Trinajstić information content (AvgIpc) is 3.16. The first-order valence-electron chi connectivity index (χ1n) is 10.3. The molecule has 1 fully saturated rings. The van der Waals surface area contributed by atoms with E-state index in [1.54, 1.807) is 10.6 Å². The van der Waals surface area contributed by atoms with Crippen LogP contribution in [0.3, 0.4) is 0 Å². The molecule has 1 aliphatic heterocycles. The molecular weight excluding hydrogens is 382 g/mol. The topological polar surface area (TPSA) is 87.0 Å². The van der Waals surface area contributed by atoms with Crippen molar-refractivity contribution in [3.05, 3.63) is 59.9 Å². The summed E-state index contributed by atoms with van der Waals surface area (Å²) in [5, 5.41) is 19.6. The van der Waals surface area contributed by atoms with E-state index >= 15 is 0 Å². The number of rotatable bonds is 5. The summed E-state index contributed by atoms with van der Waals surface area (Å²) in [6.07, 6.45) is 2.76. The van der Waals surface area contributed by atoms with Gasteiger partial charge in [0.2, 0.25) is 0 Å². The largest absolute Gasteiger partial charge is 0.400 e. The monoisotopic (exact) mass is 419 g/mol. The lowest BCUT2D eigenvalue weighted by molar-refractivity contribution is -0.173. The first-order valence-corrected chi connectivity index (χ1v) is 10.3. The molecule has 0 saturated carbocycles. The zero-order valence-corrected chi connectivity index (χ0v) is 18.8. The van der Waals surface area contributed by atoms with Crippen molar-refractivity contribution in [2.75, 3.05) is 27.2 Å². The lowest BCUT2D eigenvalue weighted by Gasteiger charge is -2.36. The van der Waals surface area contributed by atoms with Gasteiger partial charge in [0.05, 0.1) is 6.10 Å². The molecule has 168 valence electrons. The van der Waals surface area contributed by atoms with Crippen LogP contribution in [0.15, 0.2) is 48.7 Å². The van der Waals surface area contributed by atoms with Crippen LogP contribution in [-0.2, 0) is 11.8 Å². The van der Waals surface area contributed by atoms with Gasteiger partial charge in [0.15, 0.2) is 6.29 Å². The summed E-state index contributed by atoms with van der Waals surface area (Å²) in [5.74, 6) is -0.0590. The van der Waals surface area contributed by atoms with Gasteiger partial charge in [0, 0.05) is 45.9 Å². The first-order chi connectivity index (χ1) is 14.4. The van der Waals surface area contributed by atoms with Crippen molar-refractivity contribution in [2.24, 2.45) is 7.05 Å². The van der Waals surface area contributed by atoms with E-state index in [9.17, 15) is 9.90 Å². The van der Waals surface area contributed by atoms with Crippen molar-refractivity contribution in [3.63, 3.8) is 0 Å². The minimum Gasteiger partial charge on any atom is -0.400 e. The van der Waals surface area contributed by atoms with Crippen molar-refractivity contribution in [2.45, 2.75) is 45.1 Å². The molecule has 0 radical (unpaired) electrons. The predicted molar refractivity (Wildman–Crippen MR) is 119 cm³/mol. The van der Waals surface area contributed by atoms with Crippen molar-refractivity contribution in [1.82, 2.24) is 14.8 Å². The quantitative estimate of drug-likeness (QED) is 0.692. The van der Waals surface area contributed by atoms with Gasteiger partial charge in [-0.1, -0.05) is 35.9 Å². The summed E-state index contributed by atoms with van der Waals surface area (Å²) in [6, 6.07) is 14.2. The number of carbonyl (C=O) groups is 1. The molecule has 0 spiro atoms. The third-order valence-electron chi connectivity index (χ3n) is 4.96. The number of aryl methyl sites for hydroxylation is 2. The number of amides is 1. The van der Waals surface area contributed by atoms with Gasteiger partial charge >= 0.3 is 0 Å². The molecule has 3 unspecified atom stereocenters. The minimum absolute atomic E-state index is 0.0590. The Hall–Kier alpha value is -2.19. The molecule has 1 aliphatic rings. The molecule has 0 bridgehead atoms. The molecule has 2 heterocycles. The van der Waals surface area contributed by atoms with Gasteiger partial charge in [0.1, 0.15) is 5.69 Å². The molecule has 3 N–H and O–H groups in total. The number of aromatic nitrogens is 1. The number of hydrogen-bond donors (Lipinski definition) is 3. The number of aliphatic hydroxyl groups is 2. The maximum atomic E-state index is 12.0. The van der Waals surface area contributed by atoms with Crippen LogP contribution >= 0.6 is 0 Å². The van der Waals surface area contributed by atoms with Gasteiger partial charge in [-0.05, 0) is 39.4 Å². The molecule has 30 heavy (non-hydrogen) atoms. The van der Waals surface area contributed by atoms with Crippen LogP contribution in [-0.4, -0.2) is 71.3 Å². The molecule has 7 nitrogen and oxygen atoms in total. The van der Waals surface area contributed by atoms with Crippen LogP contribution in [0.1, 0.15) is 35.8 Å². The second kappa shape index (κ2) is 13.9. The zero-order valence-electron chi connectivity index (χ0n) is 18.8. The van der Waals surface area contributed by atoms with Crippen LogP contribution in [0.4, 0.5) is 0 Å². The predicted octanol–water partition coefficient (Wildman–Crippen LogP) is 2.18. The van der Waals surface area contributed by atoms with Gasteiger partial charge in [-0.2, -0.15) is 0 Å². The Labute approximate surface area is 180 Å². The van der Waals surface area contributed by atoms with Crippen molar-refractivity contribution >= 4 is 5.91 Å². The number of hydrogen-bond acceptors (Lipinski definition) is 5. The summed E-state index contributed by atoms with van der Waals surface area (Å²) >= 11 is 0. The molecule has 7 heteroatoms. The zero-order chi connectivity index (χ0) is 22.5. The number of nitrogens with one attached hydrogen (secondary N) is 1. The third kappa shape index (κ3) is 9.09. The molecule has 1 aromatic carbocycles. The molecule has 3 atom stereocenters. The van der Waals surface area contributed by atoms with E-state index in [0.717, 1.165) is 20.1 Å². The van der Waals surface area contributed by atoms with Crippen molar-refractivity contribution in [3.8, 4) is 0 Å². The number of benzene rings is 1. The minimum atomic E-state index is -0.681. The van der Waals surface area contributed by atoms with Gasteiger partial charge in [-0.15, -0.1) is 0 Å². The van der Waals surface area contributed by atoms with Crippen molar-refractivity contribution in [1.29, 1.82) is 0 Å². The van der Waals surface area contributed by atoms with E-state index in [1.165, 1.54) is 5.56 Å². The fourth-order valence-corrected chi connectivity index (χ4v) is 3.30. The van der Waals surface area contributed by atoms with Gasteiger partial charge < -0.3 is 29.7 Å². The second-order valence-corrected chi connectivity index (χ2v) is 7.42. The van der Waals surface area contributed by atoms with E-state index < -0.39 is 6.29 Å². The standard InChI is InChI=1S/C15H25N3O3.C7H8.CH4O/c1-11-9-12(10-14(19)21-11)17(2)8-6-16-15(20)13-5-4-7-18(13)3;1-7-5-3-2-4-6-7;1-2/h4-5,7,11-12,14,19H,6,8-10H2,1-3H3,(H,16,20);2-6H,1H3;2H,1H3. The molecule has 1 saturated heterocycles. The van der Waals surface area contributed by atoms with Crippen molar-refractivity contribution < 1.29 is 19.7 Å². The molecule has 3 rings (SSSR count). The van der Waals surface area contributed by atoms with Crippen LogP contribution in [0.2, 0.25) is 0 Å². The smallest absolute Gasteiger partial charge is 0.267 e. The lowest BCUT2D eigenvalue weighted by atomic mass is 10.0. The van der Waals surface area contributed by atoms with Crippen LogP contribution in [0.25, 0.3) is 0 Å². The summed E-state index contributed by atoms with van der Waals surface area (Å²) in [7, 11) is 4.87. The maximum Gasteiger partial charge on any atom is 0.267 e. The van der Waals surface area contributed by atoms with Gasteiger partial charge in [-0.25, -0.2) is 0 Å². The van der Waals surface area contributed by atoms with Gasteiger partial charge in [0.25, 0.3) is 5.91 Å². The normalized spacial score (nSPS) is 20.5. The number of carbonyl (C=O) groups excluding carboxylic acids is 1. The van der Waals surface area contributed by atoms with Crippen LogP contribution in [0.5, 0.6) is 0 Å². The Bertz CT molecular complexity index is 710. The Kier molecular flexibility index (Phi) is 12.0. The fourth-order valence-electron chi connectivity index (χ4n) is 3.30. The number of likely N-dealkylation sites (N-methyl/N-ethyl adjacent to an activating group) is 1. The summed E-state index contributed by atoms with van der Waals surface area (Å²) in [6.45, 7) is 5.39. The van der Waals surface area contributed by atoms with E-state index in [4.69, 9.17) is 9.84 Å². The maximum absolute atomic E-state index is 12.0. The van der Waals surface area contributed by atoms with E-state index in [2.05, 4.69) is 29.3 Å². The molecule has 0 aliphatic carbocycles. The third-order valence-corrected chi connectivity index (χ3v) is 4.96. The highest BCUT2D eigenvalue weighted by Crippen LogP contribution is 2.21. The second-order valence-electron chi connectivity index (χ2n) is 7.42. The molecular formula is C23H37N3O4. The first kappa shape index (κ1) is 25.8. The highest BCUT2D eigenvalue weighted by atomic mass is 16.6. The molecule has 2 aromatic rings. The summed E-state index contributed by atoms with van der Waals surface area (Å²) in [5.41, 5.74) is 1.98. The fraction of sp³-hybridized carbons (Fsp3) is 0.522. The Morgan fingerprint density at radius 3 is 2.37 bits per heavy atom. The van der Waals surface area contributed by atoms with E-state index in [1.807, 2.05) is 51.5 Å². The van der Waals surface area contributed by atoms with Crippen LogP contribution < -0.4 is 5.32 Å². The average molecular weight is 420 g/mol. The Morgan fingerprint density at radius 2 is 1.87 bits per heavy atom. The Balaban J connectivity index is 0.000000418. The highest BCUT2D eigenvalue weighted by Gasteiger charge is 2.28. The molecule has 1 aromatic heterocycles. The summed E-state index contributed by atoms with van der Waals surface area (Å²) < 4.78 is 7.13. The number of aliphatic hydroxyl groups excluding tert-OH is 2. The SMILES string of the molecule is CC1CC(N(C)CCNC(=O)c2cccn2C)CC(O)O1.CO.Cc1ccccc1. The summed E-state index contributed by atoms with van der Waals surface area (Å²) in [4.78, 5) is 14.2. The van der Waals surface area contributed by atoms with Crippen LogP contribution in [0, 0.1) is 6.92 Å². The lowest BCUT2D eigenvalue weighted by Crippen LogP contribution is -2.45. The number of nitrogens with zero attached hydrogens (tertiary/aromatic N) is 2.